The minimum atomic E-state index is -0.521. The van der Waals surface area contributed by atoms with Crippen LogP contribution in [0, 0.1) is 21.4 Å². The van der Waals surface area contributed by atoms with Crippen molar-refractivity contribution in [3.05, 3.63) is 33.9 Å². The van der Waals surface area contributed by atoms with Crippen molar-refractivity contribution in [1.29, 1.82) is 5.26 Å². The molecule has 1 heterocycles. The Kier molecular flexibility index (Phi) is 4.20. The molecule has 1 aliphatic heterocycles. The van der Waals surface area contributed by atoms with Gasteiger partial charge >= 0.3 is 0 Å². The number of nitro groups is 1. The maximum Gasteiger partial charge on any atom is 0.289 e. The van der Waals surface area contributed by atoms with Gasteiger partial charge in [-0.2, -0.15) is 5.26 Å². The van der Waals surface area contributed by atoms with E-state index in [9.17, 15) is 10.1 Å². The molecule has 2 atom stereocenters. The van der Waals surface area contributed by atoms with Crippen molar-refractivity contribution in [3.8, 4) is 6.07 Å². The van der Waals surface area contributed by atoms with Gasteiger partial charge in [-0.3, -0.25) is 10.1 Å². The molecule has 0 radical (unpaired) electrons. The highest BCUT2D eigenvalue weighted by atomic mass is 16.6. The number of hydrazine groups is 1. The molecule has 0 spiro atoms. The summed E-state index contributed by atoms with van der Waals surface area (Å²) in [6.07, 6.45) is 3.42. The molecule has 1 aromatic carbocycles. The third kappa shape index (κ3) is 2.89. The van der Waals surface area contributed by atoms with Gasteiger partial charge in [0, 0.05) is 18.2 Å². The molecule has 0 bridgehead atoms. The fourth-order valence-electron chi connectivity index (χ4n) is 2.64. The standard InChI is InChI=1S/C14H18N4O2/c1-10-4-3-5-11(2)17(10)16-13-7-6-12(9-15)14(8-13)18(19)20/h6-8,10-11,16H,3-5H2,1-2H3. The summed E-state index contributed by atoms with van der Waals surface area (Å²) in [5.74, 6) is 0. The Bertz CT molecular complexity index is 543. The minimum absolute atomic E-state index is 0.0836. The molecular formula is C14H18N4O2. The lowest BCUT2D eigenvalue weighted by molar-refractivity contribution is -0.385. The molecule has 1 aromatic rings. The SMILES string of the molecule is CC1CCCC(C)N1Nc1ccc(C#N)c([N+](=O)[O-])c1. The summed E-state index contributed by atoms with van der Waals surface area (Å²) in [6, 6.07) is 7.22. The molecule has 0 amide bonds. The van der Waals surface area contributed by atoms with E-state index in [1.807, 2.05) is 6.07 Å². The maximum atomic E-state index is 11.0. The fraction of sp³-hybridized carbons (Fsp3) is 0.500. The van der Waals surface area contributed by atoms with Crippen LogP contribution < -0.4 is 5.43 Å². The van der Waals surface area contributed by atoms with Gasteiger partial charge in [0.25, 0.3) is 5.69 Å². The number of nitro benzene ring substituents is 1. The van der Waals surface area contributed by atoms with Gasteiger partial charge in [0.2, 0.25) is 0 Å². The van der Waals surface area contributed by atoms with Crippen LogP contribution in [-0.2, 0) is 0 Å². The summed E-state index contributed by atoms with van der Waals surface area (Å²) in [5.41, 5.74) is 3.82. The van der Waals surface area contributed by atoms with E-state index in [0.717, 1.165) is 12.8 Å². The highest BCUT2D eigenvalue weighted by Crippen LogP contribution is 2.26. The van der Waals surface area contributed by atoms with Crippen molar-refractivity contribution >= 4 is 11.4 Å². The van der Waals surface area contributed by atoms with E-state index in [0.29, 0.717) is 17.8 Å². The second-order valence-electron chi connectivity index (χ2n) is 5.25. The van der Waals surface area contributed by atoms with Crippen LogP contribution >= 0.6 is 0 Å². The van der Waals surface area contributed by atoms with Gasteiger partial charge in [-0.15, -0.1) is 0 Å². The molecule has 1 fully saturated rings. The molecular weight excluding hydrogens is 256 g/mol. The number of hydrogen-bond donors (Lipinski definition) is 1. The van der Waals surface area contributed by atoms with Crippen molar-refractivity contribution in [1.82, 2.24) is 5.01 Å². The summed E-state index contributed by atoms with van der Waals surface area (Å²) in [5, 5.41) is 22.0. The Balaban J connectivity index is 2.23. The Morgan fingerprint density at radius 2 is 2.05 bits per heavy atom. The molecule has 0 aromatic heterocycles. The first-order valence-electron chi connectivity index (χ1n) is 6.76. The number of anilines is 1. The van der Waals surface area contributed by atoms with E-state index in [1.165, 1.54) is 18.6 Å². The van der Waals surface area contributed by atoms with Crippen LogP contribution in [0.25, 0.3) is 0 Å². The number of nitrogens with one attached hydrogen (secondary N) is 1. The smallest absolute Gasteiger partial charge is 0.289 e. The van der Waals surface area contributed by atoms with Gasteiger partial charge in [0.1, 0.15) is 11.6 Å². The van der Waals surface area contributed by atoms with E-state index in [1.54, 1.807) is 6.07 Å². The number of nitriles is 1. The Morgan fingerprint density at radius 3 is 2.60 bits per heavy atom. The summed E-state index contributed by atoms with van der Waals surface area (Å²) >= 11 is 0. The molecule has 1 N–H and O–H groups in total. The predicted molar refractivity (Wildman–Crippen MR) is 76.0 cm³/mol. The summed E-state index contributed by atoms with van der Waals surface area (Å²) in [4.78, 5) is 10.4. The Labute approximate surface area is 118 Å². The van der Waals surface area contributed by atoms with Gasteiger partial charge in [-0.25, -0.2) is 5.01 Å². The lowest BCUT2D eigenvalue weighted by Crippen LogP contribution is -2.47. The molecule has 6 heteroatoms. The average molecular weight is 274 g/mol. The maximum absolute atomic E-state index is 11.0. The molecule has 0 saturated carbocycles. The molecule has 2 rings (SSSR count). The van der Waals surface area contributed by atoms with Crippen LogP contribution in [0.4, 0.5) is 11.4 Å². The number of rotatable bonds is 3. The number of hydrogen-bond acceptors (Lipinski definition) is 5. The monoisotopic (exact) mass is 274 g/mol. The largest absolute Gasteiger partial charge is 0.318 e. The number of benzene rings is 1. The van der Waals surface area contributed by atoms with E-state index in [2.05, 4.69) is 24.3 Å². The lowest BCUT2D eigenvalue weighted by Gasteiger charge is -2.39. The van der Waals surface area contributed by atoms with Crippen LogP contribution in [-0.4, -0.2) is 22.0 Å². The second-order valence-corrected chi connectivity index (χ2v) is 5.25. The summed E-state index contributed by atoms with van der Waals surface area (Å²) < 4.78 is 0. The molecule has 0 aliphatic carbocycles. The van der Waals surface area contributed by atoms with Gasteiger partial charge in [-0.1, -0.05) is 6.42 Å². The third-order valence-corrected chi connectivity index (χ3v) is 3.77. The van der Waals surface area contributed by atoms with E-state index in [4.69, 9.17) is 5.26 Å². The van der Waals surface area contributed by atoms with E-state index in [-0.39, 0.29) is 11.3 Å². The van der Waals surface area contributed by atoms with Crippen LogP contribution in [0.15, 0.2) is 18.2 Å². The van der Waals surface area contributed by atoms with Crippen molar-refractivity contribution in [2.45, 2.75) is 45.2 Å². The molecule has 1 saturated heterocycles. The van der Waals surface area contributed by atoms with Gasteiger partial charge in [-0.05, 0) is 38.8 Å². The van der Waals surface area contributed by atoms with Crippen LogP contribution in [0.2, 0.25) is 0 Å². The zero-order valence-corrected chi connectivity index (χ0v) is 11.7. The number of piperidine rings is 1. The summed E-state index contributed by atoms with van der Waals surface area (Å²) in [7, 11) is 0. The molecule has 20 heavy (non-hydrogen) atoms. The van der Waals surface area contributed by atoms with Crippen LogP contribution in [0.5, 0.6) is 0 Å². The lowest BCUT2D eigenvalue weighted by atomic mass is 10.00. The molecule has 6 nitrogen and oxygen atoms in total. The zero-order chi connectivity index (χ0) is 14.7. The fourth-order valence-corrected chi connectivity index (χ4v) is 2.64. The summed E-state index contributed by atoms with van der Waals surface area (Å²) in [6.45, 7) is 4.28. The number of nitrogens with zero attached hydrogens (tertiary/aromatic N) is 3. The normalized spacial score (nSPS) is 23.1. The Hall–Kier alpha value is -2.13. The Morgan fingerprint density at radius 1 is 1.40 bits per heavy atom. The zero-order valence-electron chi connectivity index (χ0n) is 11.7. The van der Waals surface area contributed by atoms with Crippen molar-refractivity contribution in [2.24, 2.45) is 0 Å². The first-order chi connectivity index (χ1) is 9.52. The minimum Gasteiger partial charge on any atom is -0.318 e. The molecule has 106 valence electrons. The van der Waals surface area contributed by atoms with Crippen LogP contribution in [0.1, 0.15) is 38.7 Å². The first-order valence-corrected chi connectivity index (χ1v) is 6.76. The quantitative estimate of drug-likeness (QED) is 0.676. The topological polar surface area (TPSA) is 82.2 Å². The van der Waals surface area contributed by atoms with Gasteiger partial charge < -0.3 is 5.43 Å². The van der Waals surface area contributed by atoms with Crippen molar-refractivity contribution in [2.75, 3.05) is 5.43 Å². The predicted octanol–water partition coefficient (Wildman–Crippen LogP) is 3.06. The second kappa shape index (κ2) is 5.88. The first kappa shape index (κ1) is 14.3. The van der Waals surface area contributed by atoms with E-state index < -0.39 is 4.92 Å². The van der Waals surface area contributed by atoms with Gasteiger partial charge in [0.15, 0.2) is 0 Å². The van der Waals surface area contributed by atoms with E-state index >= 15 is 0 Å². The molecule has 2 unspecified atom stereocenters. The highest BCUT2D eigenvalue weighted by molar-refractivity contribution is 5.58. The highest BCUT2D eigenvalue weighted by Gasteiger charge is 2.25. The van der Waals surface area contributed by atoms with Gasteiger partial charge in [0.05, 0.1) is 10.6 Å². The molecule has 1 aliphatic rings. The van der Waals surface area contributed by atoms with Crippen molar-refractivity contribution in [3.63, 3.8) is 0 Å². The van der Waals surface area contributed by atoms with Crippen LogP contribution in [0.3, 0.4) is 0 Å². The van der Waals surface area contributed by atoms with Crippen molar-refractivity contribution < 1.29 is 4.92 Å². The average Bonchev–Trinajstić information content (AvgIpc) is 2.43. The third-order valence-electron chi connectivity index (χ3n) is 3.77.